The van der Waals surface area contributed by atoms with E-state index in [4.69, 9.17) is 20.5 Å². The van der Waals surface area contributed by atoms with Gasteiger partial charge in [0.15, 0.2) is 0 Å². The van der Waals surface area contributed by atoms with E-state index in [9.17, 15) is 13.2 Å². The molecule has 0 atom stereocenters. The number of carbonyl (C=O) groups excluding carboxylic acids is 1. The third-order valence-corrected chi connectivity index (χ3v) is 4.99. The van der Waals surface area contributed by atoms with Gasteiger partial charge in [-0.25, -0.2) is 4.79 Å². The lowest BCUT2D eigenvalue weighted by Gasteiger charge is -2.13. The van der Waals surface area contributed by atoms with Crippen LogP contribution in [-0.2, 0) is 25.6 Å². The highest BCUT2D eigenvalue weighted by Crippen LogP contribution is 2.36. The van der Waals surface area contributed by atoms with Crippen LogP contribution in [0, 0.1) is 0 Å². The molecule has 2 aromatic carbocycles. The maximum atomic E-state index is 12.7. The molecule has 28 heavy (non-hydrogen) atoms. The second-order valence-electron chi connectivity index (χ2n) is 6.15. The number of nitrogens with zero attached hydrogens (tertiary/aromatic N) is 1. The van der Waals surface area contributed by atoms with E-state index >= 15 is 0 Å². The summed E-state index contributed by atoms with van der Waals surface area (Å²) in [5, 5.41) is 1.99. The van der Waals surface area contributed by atoms with Gasteiger partial charge in [-0.2, -0.15) is 8.42 Å². The molecule has 0 aliphatic carbocycles. The number of fused-ring (bicyclic) bond motifs is 1. The van der Waals surface area contributed by atoms with Crippen molar-refractivity contribution in [3.63, 3.8) is 0 Å². The molecule has 3 rings (SSSR count). The van der Waals surface area contributed by atoms with E-state index in [-0.39, 0.29) is 19.8 Å². The minimum atomic E-state index is -3.60. The highest BCUT2D eigenvalue weighted by molar-refractivity contribution is 7.85. The zero-order chi connectivity index (χ0) is 20.3. The molecule has 0 spiro atoms. The molecule has 0 N–H and O–H groups in total. The van der Waals surface area contributed by atoms with Gasteiger partial charge < -0.3 is 9.30 Å². The summed E-state index contributed by atoms with van der Waals surface area (Å²) in [5.74, 6) is -0.489. The van der Waals surface area contributed by atoms with Crippen molar-refractivity contribution in [2.75, 3.05) is 19.5 Å². The summed E-state index contributed by atoms with van der Waals surface area (Å²) < 4.78 is 34.6. The van der Waals surface area contributed by atoms with Crippen molar-refractivity contribution in [1.82, 2.24) is 4.57 Å². The number of halogens is 1. The van der Waals surface area contributed by atoms with Crippen LogP contribution in [-0.4, -0.2) is 38.4 Å². The smallest absolute Gasteiger partial charge is 0.355 e. The quantitative estimate of drug-likeness (QED) is 0.424. The first-order chi connectivity index (χ1) is 13.3. The lowest BCUT2D eigenvalue weighted by atomic mass is 10.1. The van der Waals surface area contributed by atoms with Crippen LogP contribution in [0.3, 0.4) is 0 Å². The van der Waals surface area contributed by atoms with Crippen molar-refractivity contribution in [1.29, 1.82) is 0 Å². The van der Waals surface area contributed by atoms with Gasteiger partial charge in [-0.15, -0.1) is 0 Å². The topological polar surface area (TPSA) is 74.6 Å². The van der Waals surface area contributed by atoms with Crippen LogP contribution in [0.1, 0.15) is 17.4 Å². The first-order valence-electron chi connectivity index (χ1n) is 8.70. The lowest BCUT2D eigenvalue weighted by Crippen LogP contribution is -2.17. The van der Waals surface area contributed by atoms with Crippen molar-refractivity contribution in [3.8, 4) is 11.3 Å². The van der Waals surface area contributed by atoms with Gasteiger partial charge in [-0.3, -0.25) is 4.18 Å². The van der Waals surface area contributed by atoms with Crippen LogP contribution in [0.2, 0.25) is 5.02 Å². The fourth-order valence-corrected chi connectivity index (χ4v) is 3.70. The average molecular weight is 422 g/mol. The zero-order valence-electron chi connectivity index (χ0n) is 15.5. The molecule has 0 unspecified atom stereocenters. The predicted octanol–water partition coefficient (Wildman–Crippen LogP) is 4.11. The molecule has 6 nitrogen and oxygen atoms in total. The molecule has 0 aliphatic heterocycles. The molecule has 0 aliphatic rings. The van der Waals surface area contributed by atoms with Gasteiger partial charge in [-0.1, -0.05) is 48.0 Å². The summed E-state index contributed by atoms with van der Waals surface area (Å²) in [5.41, 5.74) is 1.95. The second kappa shape index (κ2) is 8.34. The van der Waals surface area contributed by atoms with Crippen LogP contribution in [0.15, 0.2) is 48.5 Å². The standard InChI is InChI=1S/C20H20ClNO5S/c1-3-26-20(23)19-16-10-9-15(21)13-17(16)18(14-7-5-4-6-8-14)22(19)11-12-27-28(2,24)25/h4-10,13H,3,11-12H2,1-2H3. The van der Waals surface area contributed by atoms with Gasteiger partial charge in [0.1, 0.15) is 5.69 Å². The minimum Gasteiger partial charge on any atom is -0.461 e. The van der Waals surface area contributed by atoms with E-state index in [1.165, 1.54) is 0 Å². The van der Waals surface area contributed by atoms with Crippen LogP contribution in [0.4, 0.5) is 0 Å². The molecule has 1 heterocycles. The summed E-state index contributed by atoms with van der Waals surface area (Å²) in [7, 11) is -3.60. The normalized spacial score (nSPS) is 11.7. The Kier molecular flexibility index (Phi) is 6.07. The van der Waals surface area contributed by atoms with Gasteiger partial charge in [0, 0.05) is 22.3 Å². The molecule has 0 fully saturated rings. The molecular weight excluding hydrogens is 402 g/mol. The maximum Gasteiger partial charge on any atom is 0.355 e. The Morgan fingerprint density at radius 2 is 1.82 bits per heavy atom. The minimum absolute atomic E-state index is 0.111. The third-order valence-electron chi connectivity index (χ3n) is 4.16. The number of aromatic nitrogens is 1. The highest BCUT2D eigenvalue weighted by atomic mass is 35.5. The van der Waals surface area contributed by atoms with Crippen molar-refractivity contribution in [2.24, 2.45) is 0 Å². The van der Waals surface area contributed by atoms with Crippen molar-refractivity contribution < 1.29 is 22.1 Å². The second-order valence-corrected chi connectivity index (χ2v) is 8.23. The first-order valence-corrected chi connectivity index (χ1v) is 10.9. The summed E-state index contributed by atoms with van der Waals surface area (Å²) in [6, 6.07) is 14.8. The summed E-state index contributed by atoms with van der Waals surface area (Å²) in [4.78, 5) is 12.7. The Morgan fingerprint density at radius 3 is 2.46 bits per heavy atom. The molecule has 0 saturated carbocycles. The number of carbonyl (C=O) groups is 1. The van der Waals surface area contributed by atoms with E-state index in [0.717, 1.165) is 22.9 Å². The number of rotatable bonds is 7. The van der Waals surface area contributed by atoms with E-state index in [1.54, 1.807) is 29.7 Å². The van der Waals surface area contributed by atoms with E-state index in [0.29, 0.717) is 16.1 Å². The summed E-state index contributed by atoms with van der Waals surface area (Å²) >= 11 is 6.22. The monoisotopic (exact) mass is 421 g/mol. The van der Waals surface area contributed by atoms with Crippen LogP contribution in [0.5, 0.6) is 0 Å². The Bertz CT molecular complexity index is 1110. The predicted molar refractivity (Wildman–Crippen MR) is 109 cm³/mol. The van der Waals surface area contributed by atoms with E-state index < -0.39 is 16.1 Å². The Labute approximate surface area is 168 Å². The van der Waals surface area contributed by atoms with Gasteiger partial charge in [0.05, 0.1) is 25.2 Å². The molecule has 1 aromatic heterocycles. The van der Waals surface area contributed by atoms with Gasteiger partial charge in [0.25, 0.3) is 10.1 Å². The number of benzene rings is 2. The summed E-state index contributed by atoms with van der Waals surface area (Å²) in [6.07, 6.45) is 0.989. The first kappa shape index (κ1) is 20.4. The third kappa shape index (κ3) is 4.38. The lowest BCUT2D eigenvalue weighted by molar-refractivity contribution is 0.0516. The van der Waals surface area contributed by atoms with Crippen LogP contribution >= 0.6 is 11.6 Å². The van der Waals surface area contributed by atoms with Crippen LogP contribution in [0.25, 0.3) is 22.0 Å². The number of esters is 1. The maximum absolute atomic E-state index is 12.7. The van der Waals surface area contributed by atoms with Gasteiger partial charge >= 0.3 is 5.97 Å². The highest BCUT2D eigenvalue weighted by Gasteiger charge is 2.24. The van der Waals surface area contributed by atoms with Crippen molar-refractivity contribution in [3.05, 3.63) is 59.2 Å². The number of hydrogen-bond donors (Lipinski definition) is 0. The largest absolute Gasteiger partial charge is 0.461 e. The molecule has 0 bridgehead atoms. The molecule has 3 aromatic rings. The summed E-state index contributed by atoms with van der Waals surface area (Å²) in [6.45, 7) is 1.99. The Morgan fingerprint density at radius 1 is 1.11 bits per heavy atom. The van der Waals surface area contributed by atoms with Crippen molar-refractivity contribution >= 4 is 38.5 Å². The zero-order valence-corrected chi connectivity index (χ0v) is 17.1. The fourth-order valence-electron chi connectivity index (χ4n) is 3.15. The molecule has 0 amide bonds. The molecule has 0 radical (unpaired) electrons. The molecule has 148 valence electrons. The average Bonchev–Trinajstić information content (AvgIpc) is 2.94. The van der Waals surface area contributed by atoms with E-state index in [1.807, 2.05) is 30.3 Å². The Balaban J connectivity index is 2.25. The van der Waals surface area contributed by atoms with E-state index in [2.05, 4.69) is 0 Å². The molecular formula is C20H20ClNO5S. The van der Waals surface area contributed by atoms with Gasteiger partial charge in [0.2, 0.25) is 0 Å². The fraction of sp³-hybridized carbons (Fsp3) is 0.250. The van der Waals surface area contributed by atoms with Gasteiger partial charge in [-0.05, 0) is 24.6 Å². The SMILES string of the molecule is CCOC(=O)c1c2ccc(Cl)cc2c(-c2ccccc2)n1CCOS(C)(=O)=O. The molecule has 8 heteroatoms. The van der Waals surface area contributed by atoms with Crippen LogP contribution < -0.4 is 0 Å². The number of ether oxygens (including phenoxy) is 1. The van der Waals surface area contributed by atoms with Crippen molar-refractivity contribution in [2.45, 2.75) is 13.5 Å². The number of hydrogen-bond acceptors (Lipinski definition) is 5. The molecule has 0 saturated heterocycles. The Hall–Kier alpha value is -2.35.